The molecule has 0 unspecified atom stereocenters. The van der Waals surface area contributed by atoms with Crippen LogP contribution in [0.3, 0.4) is 0 Å². The molecular formula is C25H30N2O5S. The first-order chi connectivity index (χ1) is 16.0. The number of hydrogen-bond acceptors (Lipinski definition) is 6. The Bertz CT molecular complexity index is 1010. The molecule has 0 spiro atoms. The van der Waals surface area contributed by atoms with Gasteiger partial charge in [0.05, 0.1) is 13.2 Å². The third kappa shape index (κ3) is 6.69. The Labute approximate surface area is 200 Å². The molecule has 0 bridgehead atoms. The molecule has 7 nitrogen and oxygen atoms in total. The molecule has 1 amide bonds. The molecule has 0 atom stereocenters. The summed E-state index contributed by atoms with van der Waals surface area (Å²) < 4.78 is 22.3. The molecule has 0 aromatic heterocycles. The third-order valence-corrected chi connectivity index (χ3v) is 5.20. The van der Waals surface area contributed by atoms with E-state index in [0.29, 0.717) is 55.3 Å². The Morgan fingerprint density at radius 3 is 2.58 bits per heavy atom. The molecule has 2 aromatic carbocycles. The first-order valence-electron chi connectivity index (χ1n) is 11.0. The van der Waals surface area contributed by atoms with Crippen LogP contribution in [0, 0.1) is 0 Å². The highest BCUT2D eigenvalue weighted by atomic mass is 32.1. The fourth-order valence-corrected chi connectivity index (χ4v) is 3.64. The minimum absolute atomic E-state index is 0.139. The average Bonchev–Trinajstić information content (AvgIpc) is 3.07. The normalized spacial score (nSPS) is 14.5. The minimum Gasteiger partial charge on any atom is -0.490 e. The molecule has 1 saturated heterocycles. The summed E-state index contributed by atoms with van der Waals surface area (Å²) in [6.07, 6.45) is 2.50. The zero-order chi connectivity index (χ0) is 23.6. The Balaban J connectivity index is 1.66. The van der Waals surface area contributed by atoms with Crippen molar-refractivity contribution in [2.75, 3.05) is 33.5 Å². The van der Waals surface area contributed by atoms with Gasteiger partial charge in [-0.25, -0.2) is 0 Å². The lowest BCUT2D eigenvalue weighted by atomic mass is 10.1. The molecule has 1 N–H and O–H groups in total. The summed E-state index contributed by atoms with van der Waals surface area (Å²) in [7, 11) is 1.64. The maximum atomic E-state index is 12.7. The summed E-state index contributed by atoms with van der Waals surface area (Å²) in [5, 5.41) is 3.41. The van der Waals surface area contributed by atoms with E-state index >= 15 is 0 Å². The highest BCUT2D eigenvalue weighted by molar-refractivity contribution is 7.80. The van der Waals surface area contributed by atoms with Gasteiger partial charge in [-0.15, -0.1) is 0 Å². The molecule has 3 rings (SSSR count). The lowest BCUT2D eigenvalue weighted by Gasteiger charge is -2.13. The van der Waals surface area contributed by atoms with Crippen molar-refractivity contribution in [3.05, 3.63) is 59.3 Å². The van der Waals surface area contributed by atoms with Gasteiger partial charge in [0.1, 0.15) is 18.1 Å². The van der Waals surface area contributed by atoms with E-state index in [0.717, 1.165) is 23.3 Å². The standard InChI is InChI=1S/C25H30N2O5S/c1-4-30-22-11-10-19(16-23(22)31-5-2)17-32-20-9-6-8-18(14-20)15-21-24(28)27(25(33)26-21)12-7-13-29-3/h6,8-11,14-16H,4-5,7,12-13,17H2,1-3H3,(H,26,33)/b21-15+. The van der Waals surface area contributed by atoms with Gasteiger partial charge in [-0.2, -0.15) is 0 Å². The number of methoxy groups -OCH3 is 1. The van der Waals surface area contributed by atoms with Gasteiger partial charge in [-0.05, 0) is 74.0 Å². The molecule has 1 heterocycles. The number of hydrogen-bond donors (Lipinski definition) is 1. The number of carbonyl (C=O) groups is 1. The molecule has 0 aliphatic carbocycles. The van der Waals surface area contributed by atoms with Gasteiger partial charge >= 0.3 is 0 Å². The van der Waals surface area contributed by atoms with Crippen LogP contribution < -0.4 is 19.5 Å². The van der Waals surface area contributed by atoms with Gasteiger partial charge in [0.15, 0.2) is 16.6 Å². The molecule has 1 fully saturated rings. The van der Waals surface area contributed by atoms with Gasteiger partial charge in [-0.3, -0.25) is 9.69 Å². The Kier molecular flexibility index (Phi) is 9.09. The van der Waals surface area contributed by atoms with Crippen LogP contribution in [0.15, 0.2) is 48.2 Å². The number of thiocarbonyl (C=S) groups is 1. The van der Waals surface area contributed by atoms with Gasteiger partial charge in [0.2, 0.25) is 0 Å². The lowest BCUT2D eigenvalue weighted by molar-refractivity contribution is -0.122. The van der Waals surface area contributed by atoms with Crippen molar-refractivity contribution >= 4 is 29.3 Å². The number of ether oxygens (including phenoxy) is 4. The van der Waals surface area contributed by atoms with E-state index < -0.39 is 0 Å². The average molecular weight is 471 g/mol. The van der Waals surface area contributed by atoms with Crippen LogP contribution in [0.1, 0.15) is 31.4 Å². The molecule has 1 aliphatic rings. The molecule has 8 heteroatoms. The van der Waals surface area contributed by atoms with Crippen LogP contribution in [0.2, 0.25) is 0 Å². The lowest BCUT2D eigenvalue weighted by Crippen LogP contribution is -2.32. The number of nitrogens with one attached hydrogen (secondary N) is 1. The molecule has 33 heavy (non-hydrogen) atoms. The molecule has 176 valence electrons. The van der Waals surface area contributed by atoms with E-state index in [1.807, 2.05) is 56.3 Å². The first-order valence-corrected chi connectivity index (χ1v) is 11.4. The van der Waals surface area contributed by atoms with Crippen LogP contribution in [0.5, 0.6) is 17.2 Å². The molecular weight excluding hydrogens is 440 g/mol. The predicted octanol–water partition coefficient (Wildman–Crippen LogP) is 4.16. The highest BCUT2D eigenvalue weighted by Gasteiger charge is 2.29. The summed E-state index contributed by atoms with van der Waals surface area (Å²) in [6, 6.07) is 13.4. The first kappa shape index (κ1) is 24.5. The number of benzene rings is 2. The van der Waals surface area contributed by atoms with Crippen LogP contribution in [0.4, 0.5) is 0 Å². The van der Waals surface area contributed by atoms with E-state index in [9.17, 15) is 4.79 Å². The van der Waals surface area contributed by atoms with Crippen LogP contribution in [0.25, 0.3) is 6.08 Å². The maximum Gasteiger partial charge on any atom is 0.276 e. The maximum absolute atomic E-state index is 12.7. The van der Waals surface area contributed by atoms with Crippen molar-refractivity contribution in [3.63, 3.8) is 0 Å². The summed E-state index contributed by atoms with van der Waals surface area (Å²) in [6.45, 7) is 6.48. The quantitative estimate of drug-likeness (QED) is 0.284. The Hall–Kier alpha value is -3.10. The van der Waals surface area contributed by atoms with E-state index in [-0.39, 0.29) is 5.91 Å². The Morgan fingerprint density at radius 2 is 1.82 bits per heavy atom. The second-order valence-corrected chi connectivity index (χ2v) is 7.69. The van der Waals surface area contributed by atoms with Crippen molar-refractivity contribution in [1.29, 1.82) is 0 Å². The van der Waals surface area contributed by atoms with E-state index in [2.05, 4.69) is 5.32 Å². The van der Waals surface area contributed by atoms with Crippen LogP contribution in [-0.2, 0) is 16.1 Å². The number of nitrogens with zero attached hydrogens (tertiary/aromatic N) is 1. The zero-order valence-corrected chi connectivity index (χ0v) is 20.1. The number of amides is 1. The molecule has 0 radical (unpaired) electrons. The van der Waals surface area contributed by atoms with Crippen LogP contribution in [-0.4, -0.2) is 49.4 Å². The molecule has 0 saturated carbocycles. The van der Waals surface area contributed by atoms with Gasteiger partial charge < -0.3 is 24.3 Å². The molecule has 2 aromatic rings. The second kappa shape index (κ2) is 12.2. The summed E-state index contributed by atoms with van der Waals surface area (Å²) in [5.74, 6) is 1.98. The van der Waals surface area contributed by atoms with Crippen molar-refractivity contribution in [2.24, 2.45) is 0 Å². The van der Waals surface area contributed by atoms with Crippen molar-refractivity contribution < 1.29 is 23.7 Å². The van der Waals surface area contributed by atoms with E-state index in [4.69, 9.17) is 31.2 Å². The fourth-order valence-electron chi connectivity index (χ4n) is 3.35. The predicted molar refractivity (Wildman–Crippen MR) is 131 cm³/mol. The smallest absolute Gasteiger partial charge is 0.276 e. The Morgan fingerprint density at radius 1 is 1.03 bits per heavy atom. The van der Waals surface area contributed by atoms with Crippen LogP contribution >= 0.6 is 12.2 Å². The molecule has 1 aliphatic heterocycles. The number of rotatable bonds is 12. The second-order valence-electron chi connectivity index (χ2n) is 7.30. The number of carbonyl (C=O) groups excluding carboxylic acids is 1. The monoisotopic (exact) mass is 470 g/mol. The van der Waals surface area contributed by atoms with E-state index in [1.165, 1.54) is 0 Å². The highest BCUT2D eigenvalue weighted by Crippen LogP contribution is 2.29. The van der Waals surface area contributed by atoms with Gasteiger partial charge in [-0.1, -0.05) is 18.2 Å². The fraction of sp³-hybridized carbons (Fsp3) is 0.360. The van der Waals surface area contributed by atoms with E-state index in [1.54, 1.807) is 18.1 Å². The summed E-state index contributed by atoms with van der Waals surface area (Å²) >= 11 is 5.31. The summed E-state index contributed by atoms with van der Waals surface area (Å²) in [4.78, 5) is 14.2. The van der Waals surface area contributed by atoms with Crippen molar-refractivity contribution in [1.82, 2.24) is 10.2 Å². The SMILES string of the molecule is CCOc1ccc(COc2cccc(/C=C3/NC(=S)N(CCCOC)C3=O)c2)cc1OCC. The van der Waals surface area contributed by atoms with Crippen molar-refractivity contribution in [3.8, 4) is 17.2 Å². The van der Waals surface area contributed by atoms with Gasteiger partial charge in [0.25, 0.3) is 5.91 Å². The third-order valence-electron chi connectivity index (χ3n) is 4.87. The topological polar surface area (TPSA) is 69.3 Å². The summed E-state index contributed by atoms with van der Waals surface area (Å²) in [5.41, 5.74) is 2.25. The zero-order valence-electron chi connectivity index (χ0n) is 19.3. The van der Waals surface area contributed by atoms with Gasteiger partial charge in [0, 0.05) is 20.3 Å². The van der Waals surface area contributed by atoms with Crippen molar-refractivity contribution in [2.45, 2.75) is 26.9 Å². The largest absolute Gasteiger partial charge is 0.490 e. The minimum atomic E-state index is -0.139.